The number of para-hydroxylation sites is 6. The van der Waals surface area contributed by atoms with E-state index >= 15 is 0 Å². The Kier molecular flexibility index (Phi) is 15.9. The van der Waals surface area contributed by atoms with Gasteiger partial charge < -0.3 is 27.5 Å². The second-order valence-corrected chi connectivity index (χ2v) is 31.3. The van der Waals surface area contributed by atoms with Gasteiger partial charge in [0.25, 0.3) is 0 Å². The van der Waals surface area contributed by atoms with Crippen LogP contribution >= 0.6 is 0 Å². The quantitative estimate of drug-likeness (QED) is 0.108. The van der Waals surface area contributed by atoms with Crippen LogP contribution in [0.4, 0.5) is 34.1 Å². The van der Waals surface area contributed by atoms with Crippen molar-refractivity contribution in [2.75, 3.05) is 9.80 Å². The molecule has 0 aliphatic rings. The fraction of sp³-hybridized carbons (Fsp3) is 0. The third-order valence-electron chi connectivity index (χ3n) is 24.5. The van der Waals surface area contributed by atoms with Crippen molar-refractivity contribution < 1.29 is 17.7 Å². The van der Waals surface area contributed by atoms with E-state index in [4.69, 9.17) is 17.7 Å². The summed E-state index contributed by atoms with van der Waals surface area (Å²) in [5.74, 6) is 0. The van der Waals surface area contributed by atoms with Crippen molar-refractivity contribution in [1.82, 2.24) is 0 Å². The molecule has 6 heteroatoms. The molecule has 0 amide bonds. The Balaban J connectivity index is 0.565. The number of nitrogens with zero attached hydrogens (tertiary/aromatic N) is 2. The van der Waals surface area contributed by atoms with Crippen LogP contribution in [0.3, 0.4) is 0 Å². The van der Waals surface area contributed by atoms with Crippen molar-refractivity contribution in [2.24, 2.45) is 0 Å². The van der Waals surface area contributed by atoms with E-state index in [0.717, 1.165) is 221 Å². The Hall–Kier alpha value is -16.0. The molecule has 20 aromatic carbocycles. The minimum absolute atomic E-state index is 0.832. The first-order chi connectivity index (χ1) is 59.5. The summed E-state index contributed by atoms with van der Waals surface area (Å²) in [6.45, 7) is 0. The van der Waals surface area contributed by atoms with Crippen LogP contribution in [-0.4, -0.2) is 0 Å². The molecule has 24 aromatic rings. The van der Waals surface area contributed by atoms with Crippen LogP contribution in [0.25, 0.3) is 209 Å². The molecule has 4 aromatic heterocycles. The molecular formula is C114H70N2O4. The van der Waals surface area contributed by atoms with Crippen molar-refractivity contribution in [3.63, 3.8) is 0 Å². The van der Waals surface area contributed by atoms with Crippen LogP contribution in [0.2, 0.25) is 0 Å². The lowest BCUT2D eigenvalue weighted by Crippen LogP contribution is -2.11. The summed E-state index contributed by atoms with van der Waals surface area (Å²) in [4.78, 5) is 4.76. The average molecular weight is 1530 g/mol. The zero-order valence-corrected chi connectivity index (χ0v) is 64.9. The molecular weight excluding hydrogens is 1460 g/mol. The molecule has 0 atom stereocenters. The van der Waals surface area contributed by atoms with Crippen LogP contribution in [0.15, 0.2) is 442 Å². The molecule has 24 rings (SSSR count). The van der Waals surface area contributed by atoms with Gasteiger partial charge in [0, 0.05) is 98.9 Å². The Morgan fingerprint density at radius 1 is 0.142 bits per heavy atom. The predicted octanol–water partition coefficient (Wildman–Crippen LogP) is 33.0. The van der Waals surface area contributed by atoms with Crippen LogP contribution in [0.5, 0.6) is 0 Å². The number of hydrogen-bond donors (Lipinski definition) is 0. The Morgan fingerprint density at radius 2 is 0.508 bits per heavy atom. The largest absolute Gasteiger partial charge is 0.456 e. The second kappa shape index (κ2) is 27.9. The smallest absolute Gasteiger partial charge is 0.143 e. The number of fused-ring (bicyclic) bond motifs is 17. The minimum Gasteiger partial charge on any atom is -0.456 e. The fourth-order valence-electron chi connectivity index (χ4n) is 18.7. The standard InChI is InChI=1S/C114H70N2O4/c1-2-21-74(22-3-1)102-68-82(73-50-56-84(57-51-73)116(86-59-65-110-104(70-86)94-31-11-15-41-108(94)118-110)105-38-12-8-28-91(105)96-34-18-36-98-100-61-52-75-23-6-7-27-89(75)111(100)119-113(96)98)53-60-88(102)77-45-43-76(44-46-77)87-32-17-33-95-90(87)62-63-101-99-37-19-35-97(114(99)120-112(95)101)92-29-9-13-39-106(92)115(85-58-64-109-103(69-85)93-30-10-14-40-107(93)117-109)83-54-48-72(49-55-83)79-25-16-26-80(66-79)81-47-42-71-20-4-5-24-78(71)67-81/h1-70H. The Labute approximate surface area is 690 Å². The van der Waals surface area contributed by atoms with Crippen molar-refractivity contribution in [3.05, 3.63) is 425 Å². The Morgan fingerprint density at radius 3 is 1.12 bits per heavy atom. The van der Waals surface area contributed by atoms with Gasteiger partial charge in [-0.05, 0) is 204 Å². The summed E-state index contributed by atoms with van der Waals surface area (Å²) in [5, 5.41) is 15.4. The molecule has 0 unspecified atom stereocenters. The summed E-state index contributed by atoms with van der Waals surface area (Å²) in [7, 11) is 0. The highest BCUT2D eigenvalue weighted by atomic mass is 16.3. The molecule has 0 spiro atoms. The molecule has 0 N–H and O–H groups in total. The van der Waals surface area contributed by atoms with Gasteiger partial charge in [-0.1, -0.05) is 309 Å². The van der Waals surface area contributed by atoms with Crippen LogP contribution in [0, 0.1) is 0 Å². The number of rotatable bonds is 14. The van der Waals surface area contributed by atoms with Crippen molar-refractivity contribution >= 4 is 154 Å². The third kappa shape index (κ3) is 11.4. The molecule has 0 saturated carbocycles. The lowest BCUT2D eigenvalue weighted by Gasteiger charge is -2.28. The van der Waals surface area contributed by atoms with Gasteiger partial charge in [-0.15, -0.1) is 0 Å². The molecule has 0 radical (unpaired) electrons. The molecule has 0 saturated heterocycles. The van der Waals surface area contributed by atoms with Gasteiger partial charge in [0.15, 0.2) is 0 Å². The van der Waals surface area contributed by atoms with Crippen molar-refractivity contribution in [1.29, 1.82) is 0 Å². The molecule has 0 aliphatic heterocycles. The molecule has 0 fully saturated rings. The monoisotopic (exact) mass is 1530 g/mol. The summed E-state index contributed by atoms with van der Waals surface area (Å²) < 4.78 is 27.3. The summed E-state index contributed by atoms with van der Waals surface area (Å²) in [6, 6.07) is 153. The lowest BCUT2D eigenvalue weighted by atomic mass is 9.90. The van der Waals surface area contributed by atoms with Gasteiger partial charge in [-0.25, -0.2) is 0 Å². The van der Waals surface area contributed by atoms with E-state index in [2.05, 4.69) is 410 Å². The van der Waals surface area contributed by atoms with E-state index in [0.29, 0.717) is 0 Å². The van der Waals surface area contributed by atoms with E-state index in [1.54, 1.807) is 0 Å². The van der Waals surface area contributed by atoms with Gasteiger partial charge >= 0.3 is 0 Å². The first-order valence-corrected chi connectivity index (χ1v) is 40.9. The number of anilines is 6. The van der Waals surface area contributed by atoms with Gasteiger partial charge in [0.1, 0.15) is 44.7 Å². The Bertz CT molecular complexity index is 8230. The first kappa shape index (κ1) is 68.4. The van der Waals surface area contributed by atoms with Crippen LogP contribution < -0.4 is 9.80 Å². The van der Waals surface area contributed by atoms with Gasteiger partial charge in [-0.3, -0.25) is 0 Å². The van der Waals surface area contributed by atoms with Crippen LogP contribution in [0.1, 0.15) is 0 Å². The van der Waals surface area contributed by atoms with E-state index in [-0.39, 0.29) is 0 Å². The second-order valence-electron chi connectivity index (χ2n) is 31.3. The first-order valence-electron chi connectivity index (χ1n) is 40.9. The maximum absolute atomic E-state index is 7.37. The highest BCUT2D eigenvalue weighted by Crippen LogP contribution is 2.51. The number of hydrogen-bond acceptors (Lipinski definition) is 6. The van der Waals surface area contributed by atoms with Gasteiger partial charge in [-0.2, -0.15) is 0 Å². The lowest BCUT2D eigenvalue weighted by molar-refractivity contribution is 0.668. The predicted molar refractivity (Wildman–Crippen MR) is 501 cm³/mol. The highest BCUT2D eigenvalue weighted by molar-refractivity contribution is 6.21. The zero-order chi connectivity index (χ0) is 78.9. The minimum atomic E-state index is 0.832. The van der Waals surface area contributed by atoms with Crippen molar-refractivity contribution in [3.8, 4) is 89.0 Å². The summed E-state index contributed by atoms with van der Waals surface area (Å²) in [5.41, 5.74) is 30.7. The van der Waals surface area contributed by atoms with E-state index in [9.17, 15) is 0 Å². The zero-order valence-electron chi connectivity index (χ0n) is 64.9. The fourth-order valence-corrected chi connectivity index (χ4v) is 18.7. The normalized spacial score (nSPS) is 11.8. The highest BCUT2D eigenvalue weighted by Gasteiger charge is 2.27. The molecule has 6 nitrogen and oxygen atoms in total. The summed E-state index contributed by atoms with van der Waals surface area (Å²) >= 11 is 0. The van der Waals surface area contributed by atoms with Gasteiger partial charge in [0.2, 0.25) is 0 Å². The molecule has 560 valence electrons. The van der Waals surface area contributed by atoms with E-state index in [1.807, 2.05) is 24.3 Å². The molecule has 0 bridgehead atoms. The average Bonchev–Trinajstić information content (AvgIpc) is 1.55. The number of benzene rings is 20. The summed E-state index contributed by atoms with van der Waals surface area (Å²) in [6.07, 6.45) is 0. The van der Waals surface area contributed by atoms with Crippen molar-refractivity contribution in [2.45, 2.75) is 0 Å². The van der Waals surface area contributed by atoms with E-state index in [1.165, 1.54) is 21.9 Å². The molecule has 120 heavy (non-hydrogen) atoms. The van der Waals surface area contributed by atoms with E-state index < -0.39 is 0 Å². The topological polar surface area (TPSA) is 59.0 Å². The molecule has 4 heterocycles. The van der Waals surface area contributed by atoms with Gasteiger partial charge in [0.05, 0.1) is 11.4 Å². The maximum Gasteiger partial charge on any atom is 0.143 e. The molecule has 0 aliphatic carbocycles. The maximum atomic E-state index is 7.37. The third-order valence-corrected chi connectivity index (χ3v) is 24.5. The SMILES string of the molecule is c1ccc(-c2cc(-c3ccc(N(c4ccc5oc6ccccc6c5c4)c4ccccc4-c4cccc5c4oc4c6ccccc6ccc54)cc3)ccc2-c2ccc(-c3cccc4c3ccc3c5cccc(-c6ccccc6N(c6ccc(-c7cccc(-c8ccc9ccccc9c8)c7)cc6)c6ccc7oc8ccccc8c7c6)c5oc43)cc2)cc1. The van der Waals surface area contributed by atoms with Crippen LogP contribution in [-0.2, 0) is 0 Å². The number of furan rings is 4.